The predicted octanol–water partition coefficient (Wildman–Crippen LogP) is 1.88. The normalized spacial score (nSPS) is 12.8. The van der Waals surface area contributed by atoms with E-state index < -0.39 is 5.82 Å². The molecule has 0 aliphatic carbocycles. The Balaban J connectivity index is 2.73. The Hall–Kier alpha value is -0.740. The number of hydrogen-bond donors (Lipinski definition) is 2. The van der Waals surface area contributed by atoms with Crippen LogP contribution in [-0.2, 0) is 0 Å². The van der Waals surface area contributed by atoms with Crippen molar-refractivity contribution in [1.82, 2.24) is 0 Å². The maximum Gasteiger partial charge on any atom is 0.147 e. The van der Waals surface area contributed by atoms with Gasteiger partial charge in [-0.1, -0.05) is 6.92 Å². The Bertz CT molecular complexity index is 293. The highest BCUT2D eigenvalue weighted by atomic mass is 32.2. The van der Waals surface area contributed by atoms with Crippen molar-refractivity contribution < 1.29 is 9.50 Å². The number of thioether (sulfide) groups is 1. The highest BCUT2D eigenvalue weighted by molar-refractivity contribution is 8.00. The van der Waals surface area contributed by atoms with Gasteiger partial charge in [0.15, 0.2) is 0 Å². The van der Waals surface area contributed by atoms with E-state index in [-0.39, 0.29) is 17.5 Å². The van der Waals surface area contributed by atoms with Gasteiger partial charge < -0.3 is 10.8 Å². The third kappa shape index (κ3) is 2.90. The summed E-state index contributed by atoms with van der Waals surface area (Å²) < 4.78 is 12.9. The predicted molar refractivity (Wildman–Crippen MR) is 53.2 cm³/mol. The Labute approximate surface area is 80.9 Å². The number of aliphatic hydroxyl groups is 1. The molecule has 0 aliphatic heterocycles. The third-order valence-corrected chi connectivity index (χ3v) is 2.64. The number of aliphatic hydroxyl groups excluding tert-OH is 1. The lowest BCUT2D eigenvalue weighted by Gasteiger charge is -2.07. The molecule has 0 aromatic heterocycles. The van der Waals surface area contributed by atoms with Gasteiger partial charge in [-0.3, -0.25) is 0 Å². The minimum atomic E-state index is -0.407. The van der Waals surface area contributed by atoms with Gasteiger partial charge >= 0.3 is 0 Å². The molecule has 4 heteroatoms. The number of hydrogen-bond acceptors (Lipinski definition) is 3. The average molecular weight is 201 g/mol. The van der Waals surface area contributed by atoms with E-state index in [9.17, 15) is 4.39 Å². The van der Waals surface area contributed by atoms with E-state index in [0.29, 0.717) is 0 Å². The second-order valence-electron chi connectivity index (χ2n) is 2.79. The van der Waals surface area contributed by atoms with Crippen molar-refractivity contribution in [3.63, 3.8) is 0 Å². The van der Waals surface area contributed by atoms with Crippen LogP contribution in [0.4, 0.5) is 10.1 Å². The van der Waals surface area contributed by atoms with Gasteiger partial charge in [-0.2, -0.15) is 0 Å². The van der Waals surface area contributed by atoms with E-state index in [0.717, 1.165) is 4.90 Å². The highest BCUT2D eigenvalue weighted by Gasteiger charge is 2.04. The quantitative estimate of drug-likeness (QED) is 0.580. The van der Waals surface area contributed by atoms with E-state index in [1.54, 1.807) is 6.07 Å². The molecule has 1 aromatic carbocycles. The molecular formula is C9H12FNOS. The molecule has 0 spiro atoms. The van der Waals surface area contributed by atoms with Crippen LogP contribution in [0.5, 0.6) is 0 Å². The van der Waals surface area contributed by atoms with Crippen molar-refractivity contribution in [2.24, 2.45) is 0 Å². The Morgan fingerprint density at radius 3 is 2.85 bits per heavy atom. The molecule has 0 saturated heterocycles. The molecule has 3 N–H and O–H groups in total. The topological polar surface area (TPSA) is 46.2 Å². The van der Waals surface area contributed by atoms with Crippen LogP contribution in [0.3, 0.4) is 0 Å². The molecule has 72 valence electrons. The van der Waals surface area contributed by atoms with Crippen molar-refractivity contribution in [2.45, 2.75) is 17.1 Å². The molecule has 0 saturated carbocycles. The summed E-state index contributed by atoms with van der Waals surface area (Å²) >= 11 is 1.42. The van der Waals surface area contributed by atoms with E-state index in [2.05, 4.69) is 0 Å². The summed E-state index contributed by atoms with van der Waals surface area (Å²) in [6, 6.07) is 4.66. The van der Waals surface area contributed by atoms with Crippen LogP contribution in [0.25, 0.3) is 0 Å². The zero-order valence-corrected chi connectivity index (χ0v) is 8.14. The lowest BCUT2D eigenvalue weighted by molar-refractivity contribution is 0.300. The van der Waals surface area contributed by atoms with E-state index >= 15 is 0 Å². The fraction of sp³-hybridized carbons (Fsp3) is 0.333. The summed E-state index contributed by atoms with van der Waals surface area (Å²) in [5.74, 6) is -0.407. The minimum Gasteiger partial charge on any atom is -0.396 e. The molecule has 1 aromatic rings. The number of benzene rings is 1. The fourth-order valence-corrected chi connectivity index (χ4v) is 1.71. The monoisotopic (exact) mass is 201 g/mol. The first-order valence-electron chi connectivity index (χ1n) is 3.96. The van der Waals surface area contributed by atoms with Gasteiger partial charge in [0.05, 0.1) is 12.3 Å². The van der Waals surface area contributed by atoms with Crippen LogP contribution in [0.2, 0.25) is 0 Å². The summed E-state index contributed by atoms with van der Waals surface area (Å²) in [5, 5.41) is 8.85. The summed E-state index contributed by atoms with van der Waals surface area (Å²) in [4.78, 5) is 0.785. The lowest BCUT2D eigenvalue weighted by atomic mass is 10.3. The molecule has 0 heterocycles. The van der Waals surface area contributed by atoms with Gasteiger partial charge in [0.2, 0.25) is 0 Å². The number of halogens is 1. The smallest absolute Gasteiger partial charge is 0.147 e. The first kappa shape index (κ1) is 10.3. The Kier molecular flexibility index (Phi) is 3.57. The number of nitrogen functional groups attached to an aromatic ring is 1. The van der Waals surface area contributed by atoms with Gasteiger partial charge in [0.1, 0.15) is 5.82 Å². The largest absolute Gasteiger partial charge is 0.396 e. The molecule has 0 fully saturated rings. The molecule has 1 unspecified atom stereocenters. The van der Waals surface area contributed by atoms with E-state index in [1.165, 1.54) is 23.9 Å². The summed E-state index contributed by atoms with van der Waals surface area (Å²) in [6.07, 6.45) is 0. The lowest BCUT2D eigenvalue weighted by Crippen LogP contribution is -2.01. The van der Waals surface area contributed by atoms with Crippen molar-refractivity contribution in [3.05, 3.63) is 24.0 Å². The summed E-state index contributed by atoms with van der Waals surface area (Å²) in [5.41, 5.74) is 5.47. The molecule has 0 amide bonds. The van der Waals surface area contributed by atoms with Gasteiger partial charge in [-0.05, 0) is 18.2 Å². The molecule has 1 atom stereocenters. The van der Waals surface area contributed by atoms with Crippen LogP contribution in [0.1, 0.15) is 6.92 Å². The maximum absolute atomic E-state index is 12.9. The van der Waals surface area contributed by atoms with Crippen molar-refractivity contribution >= 4 is 17.4 Å². The van der Waals surface area contributed by atoms with Crippen molar-refractivity contribution in [1.29, 1.82) is 0 Å². The second kappa shape index (κ2) is 4.48. The number of rotatable bonds is 3. The molecule has 13 heavy (non-hydrogen) atoms. The van der Waals surface area contributed by atoms with Crippen molar-refractivity contribution in [3.8, 4) is 0 Å². The highest BCUT2D eigenvalue weighted by Crippen LogP contribution is 2.25. The maximum atomic E-state index is 12.9. The second-order valence-corrected chi connectivity index (χ2v) is 4.31. The first-order valence-corrected chi connectivity index (χ1v) is 4.84. The van der Waals surface area contributed by atoms with Crippen molar-refractivity contribution in [2.75, 3.05) is 12.3 Å². The first-order chi connectivity index (χ1) is 6.13. The molecular weight excluding hydrogens is 189 g/mol. The van der Waals surface area contributed by atoms with E-state index in [4.69, 9.17) is 10.8 Å². The SMILES string of the molecule is CC(CO)Sc1ccc(N)c(F)c1. The molecule has 0 radical (unpaired) electrons. The van der Waals surface area contributed by atoms with Gasteiger partial charge in [0, 0.05) is 10.1 Å². The third-order valence-electron chi connectivity index (χ3n) is 1.57. The van der Waals surface area contributed by atoms with E-state index in [1.807, 2.05) is 6.92 Å². The number of nitrogens with two attached hydrogens (primary N) is 1. The fourth-order valence-electron chi connectivity index (χ4n) is 0.851. The zero-order chi connectivity index (χ0) is 9.84. The average Bonchev–Trinajstić information content (AvgIpc) is 2.11. The van der Waals surface area contributed by atoms with Gasteiger partial charge in [-0.15, -0.1) is 11.8 Å². The molecule has 0 bridgehead atoms. The Morgan fingerprint density at radius 2 is 2.31 bits per heavy atom. The van der Waals surface area contributed by atoms with Crippen LogP contribution in [0.15, 0.2) is 23.1 Å². The Morgan fingerprint density at radius 1 is 1.62 bits per heavy atom. The summed E-state index contributed by atoms with van der Waals surface area (Å²) in [6.45, 7) is 1.95. The zero-order valence-electron chi connectivity index (χ0n) is 7.33. The van der Waals surface area contributed by atoms with Gasteiger partial charge in [0.25, 0.3) is 0 Å². The number of anilines is 1. The molecule has 2 nitrogen and oxygen atoms in total. The van der Waals surface area contributed by atoms with Gasteiger partial charge in [-0.25, -0.2) is 4.39 Å². The van der Waals surface area contributed by atoms with Crippen LogP contribution in [-0.4, -0.2) is 17.0 Å². The van der Waals surface area contributed by atoms with Crippen LogP contribution < -0.4 is 5.73 Å². The van der Waals surface area contributed by atoms with Crippen LogP contribution in [0, 0.1) is 5.82 Å². The summed E-state index contributed by atoms with van der Waals surface area (Å²) in [7, 11) is 0. The molecule has 0 aliphatic rings. The minimum absolute atomic E-state index is 0.0722. The standard InChI is InChI=1S/C9H12FNOS/c1-6(5-12)13-7-2-3-9(11)8(10)4-7/h2-4,6,12H,5,11H2,1H3. The molecule has 1 rings (SSSR count). The van der Waals surface area contributed by atoms with Crippen LogP contribution >= 0.6 is 11.8 Å².